The molecule has 1 aliphatic heterocycles. The van der Waals surface area contributed by atoms with E-state index in [0.717, 1.165) is 24.0 Å². The number of benzene rings is 1. The van der Waals surface area contributed by atoms with Crippen molar-refractivity contribution >= 4 is 24.5 Å². The molecule has 0 aromatic heterocycles. The van der Waals surface area contributed by atoms with Crippen LogP contribution in [0.25, 0.3) is 0 Å². The number of carbonyl (C=O) groups excluding carboxylic acids is 2. The van der Waals surface area contributed by atoms with E-state index < -0.39 is 7.12 Å². The van der Waals surface area contributed by atoms with Crippen LogP contribution in [0.5, 0.6) is 0 Å². The highest BCUT2D eigenvalue weighted by Crippen LogP contribution is 2.24. The molecule has 0 spiro atoms. The molecule has 1 aliphatic carbocycles. The standard InChI is InChI=1S/C20H28BNO6.2H2/c1-14-17(7-6-16-13-28-21(25)19(14)16)20(24)22-9-11-26-10-8-18(23)27-12-15-4-2-3-5-15;;/h6-7,15,25H,2-5,8-13H2,1H3,(H,22,24);2*1H. The van der Waals surface area contributed by atoms with Crippen LogP contribution >= 0.6 is 0 Å². The van der Waals surface area contributed by atoms with Gasteiger partial charge in [0.1, 0.15) is 0 Å². The maximum atomic E-state index is 12.4. The molecule has 0 bridgehead atoms. The van der Waals surface area contributed by atoms with Crippen molar-refractivity contribution in [3.63, 3.8) is 0 Å². The van der Waals surface area contributed by atoms with Gasteiger partial charge in [-0.25, -0.2) is 0 Å². The van der Waals surface area contributed by atoms with Crippen LogP contribution in [0.2, 0.25) is 0 Å². The summed E-state index contributed by atoms with van der Waals surface area (Å²) in [5.41, 5.74) is 2.83. The zero-order valence-electron chi connectivity index (χ0n) is 16.4. The predicted octanol–water partition coefficient (Wildman–Crippen LogP) is 1.57. The number of hydrogen-bond donors (Lipinski definition) is 2. The Balaban J connectivity index is 0.00000225. The Morgan fingerprint density at radius 3 is 2.89 bits per heavy atom. The second kappa shape index (κ2) is 10.0. The van der Waals surface area contributed by atoms with Crippen molar-refractivity contribution in [2.45, 2.75) is 45.6 Å². The first kappa shape index (κ1) is 20.8. The Hall–Kier alpha value is -1.90. The summed E-state index contributed by atoms with van der Waals surface area (Å²) < 4.78 is 15.9. The molecule has 28 heavy (non-hydrogen) atoms. The normalized spacial score (nSPS) is 16.3. The van der Waals surface area contributed by atoms with E-state index in [1.165, 1.54) is 12.8 Å². The Kier molecular flexibility index (Phi) is 7.47. The van der Waals surface area contributed by atoms with E-state index >= 15 is 0 Å². The number of fused-ring (bicyclic) bond motifs is 1. The summed E-state index contributed by atoms with van der Waals surface area (Å²) >= 11 is 0. The fourth-order valence-corrected chi connectivity index (χ4v) is 3.80. The molecule has 156 valence electrons. The number of esters is 1. The summed E-state index contributed by atoms with van der Waals surface area (Å²) in [6.45, 7) is 3.62. The largest absolute Gasteiger partial charge is 0.492 e. The average Bonchev–Trinajstić information content (AvgIpc) is 3.33. The highest BCUT2D eigenvalue weighted by molar-refractivity contribution is 6.62. The first-order valence-electron chi connectivity index (χ1n) is 10.00. The van der Waals surface area contributed by atoms with E-state index in [0.29, 0.717) is 43.3 Å². The van der Waals surface area contributed by atoms with E-state index in [9.17, 15) is 14.6 Å². The highest BCUT2D eigenvalue weighted by Gasteiger charge is 2.30. The molecular weight excluding hydrogens is 361 g/mol. The van der Waals surface area contributed by atoms with Crippen LogP contribution in [-0.2, 0) is 25.5 Å². The number of nitrogens with one attached hydrogen (secondary N) is 1. The topological polar surface area (TPSA) is 94.1 Å². The molecule has 0 atom stereocenters. The Labute approximate surface area is 168 Å². The Bertz CT molecular complexity index is 715. The summed E-state index contributed by atoms with van der Waals surface area (Å²) in [6, 6.07) is 3.55. The lowest BCUT2D eigenvalue weighted by molar-refractivity contribution is -0.146. The van der Waals surface area contributed by atoms with E-state index in [2.05, 4.69) is 5.32 Å². The SMILES string of the molecule is Cc1c(C(=O)NCCOCCC(=O)OCC2CCCC2)ccc2c1B(O)OC2.[HH].[HH]. The van der Waals surface area contributed by atoms with Crippen molar-refractivity contribution in [3.05, 3.63) is 28.8 Å². The zero-order valence-corrected chi connectivity index (χ0v) is 16.4. The van der Waals surface area contributed by atoms with Crippen LogP contribution in [0.4, 0.5) is 0 Å². The number of hydrogen-bond acceptors (Lipinski definition) is 6. The summed E-state index contributed by atoms with van der Waals surface area (Å²) in [5.74, 6) is 0.0693. The van der Waals surface area contributed by atoms with Crippen LogP contribution in [0, 0.1) is 12.8 Å². The molecule has 2 aliphatic rings. The maximum absolute atomic E-state index is 12.4. The molecule has 0 unspecified atom stereocenters. The molecule has 7 nitrogen and oxygen atoms in total. The zero-order chi connectivity index (χ0) is 19.9. The molecule has 1 aromatic carbocycles. The van der Waals surface area contributed by atoms with Gasteiger partial charge in [0.2, 0.25) is 0 Å². The molecule has 3 rings (SSSR count). The summed E-state index contributed by atoms with van der Waals surface area (Å²) in [6.07, 6.45) is 4.99. The molecule has 1 amide bonds. The van der Waals surface area contributed by atoms with Gasteiger partial charge in [0.25, 0.3) is 5.91 Å². The summed E-state index contributed by atoms with van der Waals surface area (Å²) in [5, 5.41) is 12.7. The molecule has 1 fully saturated rings. The quantitative estimate of drug-likeness (QED) is 0.376. The number of amides is 1. The lowest BCUT2D eigenvalue weighted by atomic mass is 9.75. The third-order valence-electron chi connectivity index (χ3n) is 5.43. The van der Waals surface area contributed by atoms with Crippen molar-refractivity contribution in [1.29, 1.82) is 0 Å². The number of ether oxygens (including phenoxy) is 2. The number of rotatable bonds is 9. The van der Waals surface area contributed by atoms with E-state index in [1.807, 2.05) is 0 Å². The van der Waals surface area contributed by atoms with Crippen LogP contribution in [0.1, 0.15) is 56.4 Å². The molecule has 1 heterocycles. The Morgan fingerprint density at radius 1 is 1.32 bits per heavy atom. The number of carbonyl (C=O) groups is 2. The summed E-state index contributed by atoms with van der Waals surface area (Å²) in [4.78, 5) is 24.0. The predicted molar refractivity (Wildman–Crippen MR) is 108 cm³/mol. The van der Waals surface area contributed by atoms with Gasteiger partial charge in [0.05, 0.1) is 32.8 Å². The van der Waals surface area contributed by atoms with Crippen LogP contribution in [-0.4, -0.2) is 50.4 Å². The van der Waals surface area contributed by atoms with Crippen molar-refractivity contribution < 1.29 is 31.6 Å². The molecule has 1 saturated carbocycles. The maximum Gasteiger partial charge on any atom is 0.492 e. The van der Waals surface area contributed by atoms with Gasteiger partial charge in [-0.05, 0) is 48.3 Å². The smallest absolute Gasteiger partial charge is 0.465 e. The van der Waals surface area contributed by atoms with Crippen LogP contribution in [0.3, 0.4) is 0 Å². The molecule has 2 N–H and O–H groups in total. The van der Waals surface area contributed by atoms with E-state index in [4.69, 9.17) is 14.1 Å². The monoisotopic (exact) mass is 393 g/mol. The van der Waals surface area contributed by atoms with Gasteiger partial charge < -0.3 is 24.5 Å². The fourth-order valence-electron chi connectivity index (χ4n) is 3.80. The second-order valence-electron chi connectivity index (χ2n) is 7.43. The van der Waals surface area contributed by atoms with Gasteiger partial charge in [-0.15, -0.1) is 0 Å². The molecular formula is C20H32BNO6. The van der Waals surface area contributed by atoms with Gasteiger partial charge in [-0.3, -0.25) is 9.59 Å². The lowest BCUT2D eigenvalue weighted by Crippen LogP contribution is -2.34. The highest BCUT2D eigenvalue weighted by atomic mass is 16.5. The third kappa shape index (κ3) is 5.34. The van der Waals surface area contributed by atoms with Crippen LogP contribution < -0.4 is 10.8 Å². The van der Waals surface area contributed by atoms with Gasteiger partial charge in [-0.1, -0.05) is 18.9 Å². The van der Waals surface area contributed by atoms with Gasteiger partial charge in [-0.2, -0.15) is 0 Å². The minimum absolute atomic E-state index is 0. The first-order chi connectivity index (χ1) is 13.6. The second-order valence-corrected chi connectivity index (χ2v) is 7.43. The van der Waals surface area contributed by atoms with Crippen molar-refractivity contribution in [1.82, 2.24) is 5.32 Å². The van der Waals surface area contributed by atoms with Gasteiger partial charge in [0.15, 0.2) is 0 Å². The first-order valence-corrected chi connectivity index (χ1v) is 10.00. The van der Waals surface area contributed by atoms with E-state index in [1.54, 1.807) is 19.1 Å². The van der Waals surface area contributed by atoms with Gasteiger partial charge in [0, 0.05) is 15.0 Å². The van der Waals surface area contributed by atoms with Crippen molar-refractivity contribution in [3.8, 4) is 0 Å². The molecule has 0 saturated heterocycles. The minimum atomic E-state index is -0.973. The molecule has 8 heteroatoms. The lowest BCUT2D eigenvalue weighted by Gasteiger charge is -2.12. The Morgan fingerprint density at radius 2 is 2.11 bits per heavy atom. The average molecular weight is 393 g/mol. The van der Waals surface area contributed by atoms with Gasteiger partial charge >= 0.3 is 13.1 Å². The molecule has 0 radical (unpaired) electrons. The third-order valence-corrected chi connectivity index (χ3v) is 5.43. The molecule has 1 aromatic rings. The van der Waals surface area contributed by atoms with E-state index in [-0.39, 0.29) is 27.8 Å². The van der Waals surface area contributed by atoms with Crippen molar-refractivity contribution in [2.75, 3.05) is 26.4 Å². The summed E-state index contributed by atoms with van der Waals surface area (Å²) in [7, 11) is -0.973. The minimum Gasteiger partial charge on any atom is -0.465 e. The van der Waals surface area contributed by atoms with Crippen LogP contribution in [0.15, 0.2) is 12.1 Å². The fraction of sp³-hybridized carbons (Fsp3) is 0.600. The van der Waals surface area contributed by atoms with Crippen molar-refractivity contribution in [2.24, 2.45) is 5.92 Å².